The van der Waals surface area contributed by atoms with Crippen LogP contribution in [-0.4, -0.2) is 10.0 Å². The number of nitro groups is 1. The van der Waals surface area contributed by atoms with Crippen LogP contribution in [0.3, 0.4) is 0 Å². The van der Waals surface area contributed by atoms with Gasteiger partial charge in [0.05, 0.1) is 11.0 Å². The summed E-state index contributed by atoms with van der Waals surface area (Å²) in [5.41, 5.74) is 1.00. The molecule has 0 bridgehead atoms. The quantitative estimate of drug-likeness (QED) is 0.649. The third-order valence-electron chi connectivity index (χ3n) is 3.03. The predicted molar refractivity (Wildman–Crippen MR) is 82.7 cm³/mol. The molecule has 2 aromatic carbocycles. The van der Waals surface area contributed by atoms with Gasteiger partial charge in [0.2, 0.25) is 5.75 Å². The minimum absolute atomic E-state index is 0.0723. The molecule has 110 valence electrons. The molecule has 0 saturated heterocycles. The monoisotopic (exact) mass is 351 g/mol. The number of hydrogen-bond acceptors (Lipinski definition) is 4. The van der Waals surface area contributed by atoms with E-state index in [1.165, 1.54) is 0 Å². The maximum atomic E-state index is 11.2. The van der Waals surface area contributed by atoms with Gasteiger partial charge in [-0.05, 0) is 38.1 Å². The Labute approximate surface area is 130 Å². The first-order valence-electron chi connectivity index (χ1n) is 6.29. The molecule has 0 aromatic heterocycles. The molecular weight excluding hydrogens is 338 g/mol. The van der Waals surface area contributed by atoms with Gasteiger partial charge in [-0.3, -0.25) is 10.1 Å². The summed E-state index contributed by atoms with van der Waals surface area (Å²) in [6, 6.07) is 10.0. The molecule has 0 saturated carbocycles. The summed E-state index contributed by atoms with van der Waals surface area (Å²) in [6.07, 6.45) is -0.749. The van der Waals surface area contributed by atoms with Crippen LogP contribution >= 0.6 is 15.9 Å². The molecule has 0 amide bonds. The molecule has 6 heteroatoms. The number of ether oxygens (including phenoxy) is 1. The minimum atomic E-state index is -0.749. The number of rotatable bonds is 4. The van der Waals surface area contributed by atoms with Crippen LogP contribution in [0.15, 0.2) is 40.9 Å². The molecule has 0 fully saturated rings. The van der Waals surface area contributed by atoms with Gasteiger partial charge in [-0.2, -0.15) is 0 Å². The second-order valence-corrected chi connectivity index (χ2v) is 5.55. The maximum Gasteiger partial charge on any atom is 0.314 e. The van der Waals surface area contributed by atoms with Gasteiger partial charge in [-0.15, -0.1) is 0 Å². The number of hydrogen-bond donors (Lipinski definition) is 1. The van der Waals surface area contributed by atoms with Crippen LogP contribution < -0.4 is 4.74 Å². The van der Waals surface area contributed by atoms with Crippen molar-refractivity contribution < 1.29 is 14.8 Å². The third-order valence-corrected chi connectivity index (χ3v) is 3.52. The Kier molecular flexibility index (Phi) is 4.59. The zero-order valence-corrected chi connectivity index (χ0v) is 13.1. The Bertz CT molecular complexity index is 685. The zero-order valence-electron chi connectivity index (χ0n) is 11.5. The van der Waals surface area contributed by atoms with Gasteiger partial charge >= 0.3 is 5.69 Å². The molecule has 0 aliphatic carbocycles. The first kappa shape index (κ1) is 15.5. The summed E-state index contributed by atoms with van der Waals surface area (Å²) in [6.45, 7) is 3.27. The standard InChI is InChI=1S/C15H14BrNO4/c1-9-4-3-5-14(15(9)17(19)20)21-13-7-6-11(16)8-12(13)10(2)18/h3-8,10,18H,1-2H3. The molecule has 1 atom stereocenters. The highest BCUT2D eigenvalue weighted by Gasteiger charge is 2.20. The molecule has 0 radical (unpaired) electrons. The zero-order chi connectivity index (χ0) is 15.6. The van der Waals surface area contributed by atoms with Crippen molar-refractivity contribution >= 4 is 21.6 Å². The normalized spacial score (nSPS) is 12.0. The van der Waals surface area contributed by atoms with E-state index in [-0.39, 0.29) is 11.4 Å². The van der Waals surface area contributed by atoms with Crippen LogP contribution in [0.5, 0.6) is 11.5 Å². The van der Waals surface area contributed by atoms with Gasteiger partial charge in [0, 0.05) is 15.6 Å². The molecule has 2 rings (SSSR count). The highest BCUT2D eigenvalue weighted by molar-refractivity contribution is 9.10. The SMILES string of the molecule is Cc1cccc(Oc2ccc(Br)cc2C(C)O)c1[N+](=O)[O-]. The molecule has 1 N–H and O–H groups in total. The average Bonchev–Trinajstić information content (AvgIpc) is 2.40. The number of benzene rings is 2. The van der Waals surface area contributed by atoms with Crippen molar-refractivity contribution in [2.45, 2.75) is 20.0 Å². The smallest absolute Gasteiger partial charge is 0.314 e. The van der Waals surface area contributed by atoms with E-state index < -0.39 is 11.0 Å². The number of aryl methyl sites for hydroxylation is 1. The Balaban J connectivity index is 2.49. The van der Waals surface area contributed by atoms with Gasteiger partial charge in [0.25, 0.3) is 0 Å². The highest BCUT2D eigenvalue weighted by atomic mass is 79.9. The lowest BCUT2D eigenvalue weighted by molar-refractivity contribution is -0.386. The topological polar surface area (TPSA) is 72.6 Å². The molecule has 5 nitrogen and oxygen atoms in total. The number of nitrogens with zero attached hydrogens (tertiary/aromatic N) is 1. The molecule has 0 aliphatic rings. The summed E-state index contributed by atoms with van der Waals surface area (Å²) in [5, 5.41) is 21.0. The first-order valence-corrected chi connectivity index (χ1v) is 7.09. The number of aliphatic hydroxyl groups is 1. The third kappa shape index (κ3) is 3.40. The summed E-state index contributed by atoms with van der Waals surface area (Å²) < 4.78 is 6.47. The fraction of sp³-hybridized carbons (Fsp3) is 0.200. The average molecular weight is 352 g/mol. The van der Waals surface area contributed by atoms with Gasteiger partial charge in [-0.25, -0.2) is 0 Å². The van der Waals surface area contributed by atoms with E-state index in [4.69, 9.17) is 4.74 Å². The number of para-hydroxylation sites is 1. The largest absolute Gasteiger partial charge is 0.450 e. The van der Waals surface area contributed by atoms with Gasteiger partial charge in [0.1, 0.15) is 5.75 Å². The molecule has 0 aliphatic heterocycles. The maximum absolute atomic E-state index is 11.2. The van der Waals surface area contributed by atoms with E-state index >= 15 is 0 Å². The van der Waals surface area contributed by atoms with Crippen LogP contribution in [-0.2, 0) is 0 Å². The second kappa shape index (κ2) is 6.24. The summed E-state index contributed by atoms with van der Waals surface area (Å²) in [4.78, 5) is 10.7. The Morgan fingerprint density at radius 3 is 2.62 bits per heavy atom. The highest BCUT2D eigenvalue weighted by Crippen LogP contribution is 2.37. The van der Waals surface area contributed by atoms with E-state index in [1.54, 1.807) is 50.2 Å². The minimum Gasteiger partial charge on any atom is -0.450 e. The van der Waals surface area contributed by atoms with E-state index in [1.807, 2.05) is 0 Å². The van der Waals surface area contributed by atoms with Crippen molar-refractivity contribution in [3.63, 3.8) is 0 Å². The number of halogens is 1. The van der Waals surface area contributed by atoms with Crippen LogP contribution in [0.4, 0.5) is 5.69 Å². The summed E-state index contributed by atoms with van der Waals surface area (Å²) in [7, 11) is 0. The van der Waals surface area contributed by atoms with Crippen molar-refractivity contribution in [3.8, 4) is 11.5 Å². The molecule has 0 spiro atoms. The van der Waals surface area contributed by atoms with Crippen molar-refractivity contribution in [2.75, 3.05) is 0 Å². The van der Waals surface area contributed by atoms with Crippen molar-refractivity contribution in [1.29, 1.82) is 0 Å². The van der Waals surface area contributed by atoms with Crippen LogP contribution in [0.2, 0.25) is 0 Å². The van der Waals surface area contributed by atoms with Crippen LogP contribution in [0, 0.1) is 17.0 Å². The summed E-state index contributed by atoms with van der Waals surface area (Å²) in [5.74, 6) is 0.547. The fourth-order valence-corrected chi connectivity index (χ4v) is 2.38. The van der Waals surface area contributed by atoms with E-state index in [0.717, 1.165) is 4.47 Å². The number of nitro benzene ring substituents is 1. The van der Waals surface area contributed by atoms with Crippen molar-refractivity contribution in [1.82, 2.24) is 0 Å². The van der Waals surface area contributed by atoms with Crippen molar-refractivity contribution in [3.05, 3.63) is 62.1 Å². The first-order chi connectivity index (χ1) is 9.90. The van der Waals surface area contributed by atoms with Gasteiger partial charge in [0.15, 0.2) is 0 Å². The van der Waals surface area contributed by atoms with Crippen LogP contribution in [0.25, 0.3) is 0 Å². The van der Waals surface area contributed by atoms with E-state index in [0.29, 0.717) is 16.9 Å². The van der Waals surface area contributed by atoms with Gasteiger partial charge in [-0.1, -0.05) is 28.1 Å². The van der Waals surface area contributed by atoms with Crippen molar-refractivity contribution in [2.24, 2.45) is 0 Å². The second-order valence-electron chi connectivity index (χ2n) is 4.64. The van der Waals surface area contributed by atoms with Crippen LogP contribution in [0.1, 0.15) is 24.2 Å². The van der Waals surface area contributed by atoms with Gasteiger partial charge < -0.3 is 9.84 Å². The summed E-state index contributed by atoms with van der Waals surface area (Å²) >= 11 is 3.32. The molecule has 2 aromatic rings. The molecule has 0 heterocycles. The predicted octanol–water partition coefficient (Wildman–Crippen LogP) is 4.51. The number of aliphatic hydroxyl groups excluding tert-OH is 1. The lowest BCUT2D eigenvalue weighted by atomic mass is 10.1. The Morgan fingerprint density at radius 1 is 1.29 bits per heavy atom. The Hall–Kier alpha value is -1.92. The molecule has 21 heavy (non-hydrogen) atoms. The Morgan fingerprint density at radius 2 is 2.00 bits per heavy atom. The lowest BCUT2D eigenvalue weighted by Gasteiger charge is -2.14. The van der Waals surface area contributed by atoms with E-state index in [9.17, 15) is 15.2 Å². The van der Waals surface area contributed by atoms with E-state index in [2.05, 4.69) is 15.9 Å². The molecular formula is C15H14BrNO4. The fourth-order valence-electron chi connectivity index (χ4n) is 2.01. The molecule has 1 unspecified atom stereocenters. The lowest BCUT2D eigenvalue weighted by Crippen LogP contribution is -1.99.